The summed E-state index contributed by atoms with van der Waals surface area (Å²) >= 11 is 0. The van der Waals surface area contributed by atoms with Crippen molar-refractivity contribution >= 4 is 21.0 Å². The van der Waals surface area contributed by atoms with Gasteiger partial charge >= 0.3 is 10.1 Å². The zero-order valence-electron chi connectivity index (χ0n) is 14.8. The minimum atomic E-state index is -3.96. The molecule has 0 radical (unpaired) electrons. The summed E-state index contributed by atoms with van der Waals surface area (Å²) in [7, 11) is -3.96. The van der Waals surface area contributed by atoms with E-state index >= 15 is 0 Å². The fourth-order valence-electron chi connectivity index (χ4n) is 2.49. The first-order chi connectivity index (χ1) is 12.5. The molecule has 0 atom stereocenters. The highest BCUT2D eigenvalue weighted by atomic mass is 32.2. The lowest BCUT2D eigenvalue weighted by Crippen LogP contribution is -2.10. The van der Waals surface area contributed by atoms with Gasteiger partial charge in [0.15, 0.2) is 5.75 Å². The fraction of sp³-hybridized carbons (Fsp3) is 0.250. The molecule has 26 heavy (non-hydrogen) atoms. The van der Waals surface area contributed by atoms with Gasteiger partial charge in [-0.25, -0.2) is 4.98 Å². The Labute approximate surface area is 153 Å². The lowest BCUT2D eigenvalue weighted by atomic mass is 10.2. The van der Waals surface area contributed by atoms with Gasteiger partial charge in [0.05, 0.1) is 6.61 Å². The first-order valence-corrected chi connectivity index (χ1v) is 9.94. The Balaban J connectivity index is 1.84. The molecule has 6 heteroatoms. The number of fused-ring (bicyclic) bond motifs is 1. The number of unbranched alkanes of at least 4 members (excludes halogenated alkanes) is 1. The van der Waals surface area contributed by atoms with Crippen LogP contribution >= 0.6 is 0 Å². The molecule has 136 valence electrons. The van der Waals surface area contributed by atoms with Gasteiger partial charge in [-0.05, 0) is 49.7 Å². The average molecular weight is 371 g/mol. The van der Waals surface area contributed by atoms with Crippen molar-refractivity contribution in [3.8, 4) is 11.5 Å². The summed E-state index contributed by atoms with van der Waals surface area (Å²) in [6.45, 7) is 4.54. The lowest BCUT2D eigenvalue weighted by molar-refractivity contribution is 0.309. The fourth-order valence-corrected chi connectivity index (χ4v) is 3.42. The van der Waals surface area contributed by atoms with Crippen molar-refractivity contribution in [2.45, 2.75) is 31.6 Å². The minimum absolute atomic E-state index is 0.0741. The molecule has 0 spiro atoms. The maximum Gasteiger partial charge on any atom is 0.339 e. The van der Waals surface area contributed by atoms with Gasteiger partial charge in [0.2, 0.25) is 0 Å². The van der Waals surface area contributed by atoms with Crippen molar-refractivity contribution < 1.29 is 17.3 Å². The molecule has 3 rings (SSSR count). The Morgan fingerprint density at radius 2 is 1.77 bits per heavy atom. The predicted molar refractivity (Wildman–Crippen MR) is 101 cm³/mol. The molecule has 0 unspecified atom stereocenters. The third-order valence-electron chi connectivity index (χ3n) is 3.90. The summed E-state index contributed by atoms with van der Waals surface area (Å²) in [5.74, 6) is 0.856. The molecule has 0 amide bonds. The summed E-state index contributed by atoms with van der Waals surface area (Å²) in [6.07, 6.45) is 2.00. The van der Waals surface area contributed by atoms with E-state index in [1.165, 1.54) is 12.1 Å². The van der Waals surface area contributed by atoms with Crippen molar-refractivity contribution in [2.75, 3.05) is 6.61 Å². The second kappa shape index (κ2) is 7.74. The quantitative estimate of drug-likeness (QED) is 0.452. The Hall–Kier alpha value is -2.60. The number of aromatic nitrogens is 1. The van der Waals surface area contributed by atoms with E-state index in [0.717, 1.165) is 23.9 Å². The Bertz CT molecular complexity index is 998. The van der Waals surface area contributed by atoms with Gasteiger partial charge in [0.25, 0.3) is 0 Å². The summed E-state index contributed by atoms with van der Waals surface area (Å²) < 4.78 is 36.1. The van der Waals surface area contributed by atoms with Crippen molar-refractivity contribution in [3.05, 3.63) is 60.3 Å². The highest BCUT2D eigenvalue weighted by Crippen LogP contribution is 2.27. The van der Waals surface area contributed by atoms with Crippen LogP contribution in [0.5, 0.6) is 11.5 Å². The molecule has 0 fully saturated rings. The average Bonchev–Trinajstić information content (AvgIpc) is 2.63. The summed E-state index contributed by atoms with van der Waals surface area (Å²) in [5, 5.41) is 0.822. The summed E-state index contributed by atoms with van der Waals surface area (Å²) in [6, 6.07) is 15.2. The van der Waals surface area contributed by atoms with Crippen LogP contribution in [0.15, 0.2) is 59.5 Å². The molecular formula is C20H21NO4S. The van der Waals surface area contributed by atoms with Gasteiger partial charge in [-0.2, -0.15) is 8.42 Å². The predicted octanol–water partition coefficient (Wildman–Crippen LogP) is 4.49. The Morgan fingerprint density at radius 3 is 2.50 bits per heavy atom. The topological polar surface area (TPSA) is 65.5 Å². The van der Waals surface area contributed by atoms with Crippen LogP contribution in [-0.4, -0.2) is 20.0 Å². The van der Waals surface area contributed by atoms with Crippen LogP contribution in [0.1, 0.15) is 25.5 Å². The van der Waals surface area contributed by atoms with Gasteiger partial charge in [0.1, 0.15) is 16.2 Å². The van der Waals surface area contributed by atoms with Crippen molar-refractivity contribution in [3.63, 3.8) is 0 Å². The lowest BCUT2D eigenvalue weighted by Gasteiger charge is -2.10. The summed E-state index contributed by atoms with van der Waals surface area (Å²) in [4.78, 5) is 4.47. The standard InChI is InChI=1S/C20H21NO4S/c1-3-4-14-24-17-10-12-18(13-11-17)26(22,23)25-19-7-5-6-16-9-8-15(2)21-20(16)19/h5-13H,3-4,14H2,1-2H3. The SMILES string of the molecule is CCCCOc1ccc(S(=O)(=O)Oc2cccc3ccc(C)nc23)cc1. The van der Waals surface area contributed by atoms with E-state index in [0.29, 0.717) is 17.9 Å². The van der Waals surface area contributed by atoms with E-state index in [2.05, 4.69) is 11.9 Å². The van der Waals surface area contributed by atoms with Crippen LogP contribution in [0.3, 0.4) is 0 Å². The van der Waals surface area contributed by atoms with E-state index in [4.69, 9.17) is 8.92 Å². The van der Waals surface area contributed by atoms with Crippen LogP contribution in [0.25, 0.3) is 10.9 Å². The van der Waals surface area contributed by atoms with Gasteiger partial charge in [0, 0.05) is 11.1 Å². The molecule has 5 nitrogen and oxygen atoms in total. The van der Waals surface area contributed by atoms with Gasteiger partial charge in [-0.1, -0.05) is 31.5 Å². The van der Waals surface area contributed by atoms with Gasteiger partial charge in [-0.15, -0.1) is 0 Å². The molecule has 3 aromatic rings. The number of benzene rings is 2. The molecule has 1 aromatic heterocycles. The Morgan fingerprint density at radius 1 is 1.00 bits per heavy atom. The molecule has 1 heterocycles. The molecule has 2 aromatic carbocycles. The number of hydrogen-bond donors (Lipinski definition) is 0. The van der Waals surface area contributed by atoms with Crippen molar-refractivity contribution in [1.82, 2.24) is 4.98 Å². The number of rotatable bonds is 7. The molecule has 0 bridgehead atoms. The number of para-hydroxylation sites is 1. The molecule has 0 aliphatic carbocycles. The van der Waals surface area contributed by atoms with E-state index < -0.39 is 10.1 Å². The maximum atomic E-state index is 12.6. The first-order valence-electron chi connectivity index (χ1n) is 8.53. The van der Waals surface area contributed by atoms with Crippen LogP contribution < -0.4 is 8.92 Å². The molecule has 0 N–H and O–H groups in total. The number of nitrogens with zero attached hydrogens (tertiary/aromatic N) is 1. The zero-order chi connectivity index (χ0) is 18.6. The van der Waals surface area contributed by atoms with E-state index in [-0.39, 0.29) is 10.6 Å². The maximum absolute atomic E-state index is 12.6. The second-order valence-corrected chi connectivity index (χ2v) is 7.54. The zero-order valence-corrected chi connectivity index (χ0v) is 15.6. The third-order valence-corrected chi connectivity index (χ3v) is 5.15. The van der Waals surface area contributed by atoms with E-state index in [1.807, 2.05) is 25.1 Å². The number of ether oxygens (including phenoxy) is 1. The van der Waals surface area contributed by atoms with Gasteiger partial charge < -0.3 is 8.92 Å². The van der Waals surface area contributed by atoms with Crippen LogP contribution in [-0.2, 0) is 10.1 Å². The smallest absolute Gasteiger partial charge is 0.339 e. The number of hydrogen-bond acceptors (Lipinski definition) is 5. The van der Waals surface area contributed by atoms with Gasteiger partial charge in [-0.3, -0.25) is 0 Å². The van der Waals surface area contributed by atoms with Crippen molar-refractivity contribution in [1.29, 1.82) is 0 Å². The number of aryl methyl sites for hydroxylation is 1. The van der Waals surface area contributed by atoms with Crippen molar-refractivity contribution in [2.24, 2.45) is 0 Å². The van der Waals surface area contributed by atoms with Crippen LogP contribution in [0.2, 0.25) is 0 Å². The van der Waals surface area contributed by atoms with E-state index in [1.54, 1.807) is 24.3 Å². The normalized spacial score (nSPS) is 11.5. The highest BCUT2D eigenvalue weighted by molar-refractivity contribution is 7.87. The highest BCUT2D eigenvalue weighted by Gasteiger charge is 2.18. The molecule has 0 saturated carbocycles. The van der Waals surface area contributed by atoms with E-state index in [9.17, 15) is 8.42 Å². The van der Waals surface area contributed by atoms with Crippen LogP contribution in [0, 0.1) is 6.92 Å². The molecule has 0 aliphatic rings. The second-order valence-electron chi connectivity index (χ2n) is 5.99. The third kappa shape index (κ3) is 4.14. The summed E-state index contributed by atoms with van der Waals surface area (Å²) in [5.41, 5.74) is 1.31. The number of pyridine rings is 1. The monoisotopic (exact) mass is 371 g/mol. The molecular weight excluding hydrogens is 350 g/mol. The first kappa shape index (κ1) is 18.2. The van der Waals surface area contributed by atoms with Crippen LogP contribution in [0.4, 0.5) is 0 Å². The minimum Gasteiger partial charge on any atom is -0.494 e. The molecule has 0 aliphatic heterocycles. The Kier molecular flexibility index (Phi) is 5.42. The molecule has 0 saturated heterocycles. The largest absolute Gasteiger partial charge is 0.494 e.